The van der Waals surface area contributed by atoms with Crippen LogP contribution in [-0.4, -0.2) is 31.6 Å². The summed E-state index contributed by atoms with van der Waals surface area (Å²) < 4.78 is 4.62. The summed E-state index contributed by atoms with van der Waals surface area (Å²) in [6.07, 6.45) is 2.68. The maximum atomic E-state index is 11.2. The maximum Gasteiger partial charge on any atom is 0.322 e. The number of nitrogens with one attached hydrogen (secondary N) is 1. The molecule has 0 fully saturated rings. The van der Waals surface area contributed by atoms with E-state index >= 15 is 0 Å². The van der Waals surface area contributed by atoms with Crippen LogP contribution in [0, 0.1) is 0 Å². The first kappa shape index (κ1) is 13.9. The Morgan fingerprint density at radius 3 is 2.53 bits per heavy atom. The third kappa shape index (κ3) is 6.90. The monoisotopic (exact) mass is 216 g/mol. The Bertz CT molecular complexity index is 207. The van der Waals surface area contributed by atoms with E-state index in [0.29, 0.717) is 19.4 Å². The molecule has 0 saturated carbocycles. The van der Waals surface area contributed by atoms with Crippen LogP contribution in [0.1, 0.15) is 32.6 Å². The summed E-state index contributed by atoms with van der Waals surface area (Å²) >= 11 is 0. The third-order valence-corrected chi connectivity index (χ3v) is 2.13. The van der Waals surface area contributed by atoms with Crippen molar-refractivity contribution in [2.24, 2.45) is 5.73 Å². The van der Waals surface area contributed by atoms with E-state index in [2.05, 4.69) is 10.1 Å². The Morgan fingerprint density at radius 2 is 2.07 bits per heavy atom. The first-order valence-electron chi connectivity index (χ1n) is 5.21. The molecule has 0 heterocycles. The lowest BCUT2D eigenvalue weighted by Crippen LogP contribution is -2.37. The van der Waals surface area contributed by atoms with Gasteiger partial charge in [-0.1, -0.05) is 6.92 Å². The lowest BCUT2D eigenvalue weighted by Gasteiger charge is -2.13. The molecular formula is C10H20N2O3. The van der Waals surface area contributed by atoms with Crippen LogP contribution in [0.2, 0.25) is 0 Å². The van der Waals surface area contributed by atoms with Crippen molar-refractivity contribution in [2.45, 2.75) is 38.6 Å². The largest absolute Gasteiger partial charge is 0.468 e. The third-order valence-electron chi connectivity index (χ3n) is 2.13. The topological polar surface area (TPSA) is 81.4 Å². The number of hydrogen-bond acceptors (Lipinski definition) is 4. The summed E-state index contributed by atoms with van der Waals surface area (Å²) in [5.74, 6) is -0.526. The molecule has 0 aliphatic heterocycles. The van der Waals surface area contributed by atoms with Crippen molar-refractivity contribution in [3.05, 3.63) is 0 Å². The van der Waals surface area contributed by atoms with E-state index in [4.69, 9.17) is 5.73 Å². The van der Waals surface area contributed by atoms with Gasteiger partial charge in [-0.3, -0.25) is 9.59 Å². The number of rotatable bonds is 8. The predicted octanol–water partition coefficient (Wildman–Crippen LogP) is 0.183. The summed E-state index contributed by atoms with van der Waals surface area (Å²) in [7, 11) is 1.37. The first-order chi connectivity index (χ1) is 7.11. The zero-order valence-electron chi connectivity index (χ0n) is 9.41. The fourth-order valence-corrected chi connectivity index (χ4v) is 1.24. The highest BCUT2D eigenvalue weighted by molar-refractivity contribution is 5.75. The van der Waals surface area contributed by atoms with Crippen molar-refractivity contribution < 1.29 is 14.3 Å². The van der Waals surface area contributed by atoms with E-state index in [-0.39, 0.29) is 17.9 Å². The highest BCUT2D eigenvalue weighted by Crippen LogP contribution is 1.97. The van der Waals surface area contributed by atoms with Gasteiger partial charge in [-0.2, -0.15) is 0 Å². The predicted molar refractivity (Wildman–Crippen MR) is 57.1 cm³/mol. The molecule has 3 N–H and O–H groups in total. The number of carbonyl (C=O) groups is 2. The number of ether oxygens (including phenoxy) is 1. The molecule has 5 heteroatoms. The molecule has 0 aromatic rings. The molecule has 0 radical (unpaired) electrons. The van der Waals surface area contributed by atoms with Gasteiger partial charge in [0.2, 0.25) is 5.91 Å². The Hall–Kier alpha value is -1.10. The van der Waals surface area contributed by atoms with E-state index in [1.807, 2.05) is 6.92 Å². The van der Waals surface area contributed by atoms with Gasteiger partial charge >= 0.3 is 5.97 Å². The van der Waals surface area contributed by atoms with Gasteiger partial charge in [0.15, 0.2) is 0 Å². The van der Waals surface area contributed by atoms with Gasteiger partial charge in [-0.15, -0.1) is 0 Å². The average molecular weight is 216 g/mol. The minimum absolute atomic E-state index is 0.243. The van der Waals surface area contributed by atoms with E-state index in [1.54, 1.807) is 0 Å². The van der Waals surface area contributed by atoms with Crippen LogP contribution in [0.15, 0.2) is 0 Å². The van der Waals surface area contributed by atoms with E-state index in [0.717, 1.165) is 12.8 Å². The number of amides is 1. The van der Waals surface area contributed by atoms with Gasteiger partial charge in [-0.05, 0) is 25.8 Å². The Labute approximate surface area is 90.4 Å². The summed E-state index contributed by atoms with van der Waals surface area (Å²) in [6.45, 7) is 2.61. The van der Waals surface area contributed by atoms with Crippen LogP contribution in [0.3, 0.4) is 0 Å². The molecule has 88 valence electrons. The summed E-state index contributed by atoms with van der Waals surface area (Å²) in [5.41, 5.74) is 5.00. The van der Waals surface area contributed by atoms with Crippen LogP contribution in [0.25, 0.3) is 0 Å². The Morgan fingerprint density at radius 1 is 1.40 bits per heavy atom. The lowest BCUT2D eigenvalue weighted by atomic mass is 10.2. The molecule has 5 nitrogen and oxygen atoms in total. The summed E-state index contributed by atoms with van der Waals surface area (Å²) in [5, 5.41) is 3.07. The zero-order chi connectivity index (χ0) is 11.7. The number of methoxy groups -OCH3 is 1. The molecule has 1 amide bonds. The Kier molecular flexibility index (Phi) is 7.62. The van der Waals surface area contributed by atoms with Gasteiger partial charge in [0.25, 0.3) is 0 Å². The minimum Gasteiger partial charge on any atom is -0.468 e. The fourth-order valence-electron chi connectivity index (χ4n) is 1.24. The average Bonchev–Trinajstić information content (AvgIpc) is 2.22. The van der Waals surface area contributed by atoms with Crippen LogP contribution >= 0.6 is 0 Å². The molecule has 0 rings (SSSR count). The minimum atomic E-state index is -0.282. The van der Waals surface area contributed by atoms with E-state index in [1.165, 1.54) is 7.11 Å². The smallest absolute Gasteiger partial charge is 0.322 e. The van der Waals surface area contributed by atoms with Crippen molar-refractivity contribution in [2.75, 3.05) is 13.7 Å². The number of hydrogen-bond donors (Lipinski definition) is 2. The SMILES string of the molecule is CCC(NCCCCC(N)=O)C(=O)OC. The van der Waals surface area contributed by atoms with Crippen LogP contribution in [0.5, 0.6) is 0 Å². The molecule has 0 aliphatic carbocycles. The number of carbonyl (C=O) groups excluding carboxylic acids is 2. The van der Waals surface area contributed by atoms with Gasteiger partial charge in [0.05, 0.1) is 7.11 Å². The molecule has 0 aromatic heterocycles. The van der Waals surface area contributed by atoms with E-state index in [9.17, 15) is 9.59 Å². The number of primary amides is 1. The molecule has 0 aliphatic rings. The van der Waals surface area contributed by atoms with Gasteiger partial charge < -0.3 is 15.8 Å². The first-order valence-corrected chi connectivity index (χ1v) is 5.21. The second-order valence-corrected chi connectivity index (χ2v) is 3.36. The second kappa shape index (κ2) is 8.23. The molecule has 15 heavy (non-hydrogen) atoms. The lowest BCUT2D eigenvalue weighted by molar-refractivity contribution is -0.143. The maximum absolute atomic E-state index is 11.2. The molecule has 0 spiro atoms. The van der Waals surface area contributed by atoms with E-state index < -0.39 is 0 Å². The molecule has 0 saturated heterocycles. The number of unbranched alkanes of at least 4 members (excludes halogenated alkanes) is 1. The molecule has 0 bridgehead atoms. The fraction of sp³-hybridized carbons (Fsp3) is 0.800. The standard InChI is InChI=1S/C10H20N2O3/c1-3-8(10(14)15-2)12-7-5-4-6-9(11)13/h8,12H,3-7H2,1-2H3,(H2,11,13). The van der Waals surface area contributed by atoms with Gasteiger partial charge in [-0.25, -0.2) is 0 Å². The van der Waals surface area contributed by atoms with Crippen LogP contribution in [0.4, 0.5) is 0 Å². The van der Waals surface area contributed by atoms with Crippen molar-refractivity contribution in [3.63, 3.8) is 0 Å². The molecule has 0 aromatic carbocycles. The highest BCUT2D eigenvalue weighted by Gasteiger charge is 2.14. The van der Waals surface area contributed by atoms with Crippen molar-refractivity contribution in [3.8, 4) is 0 Å². The normalized spacial score (nSPS) is 12.1. The zero-order valence-corrected chi connectivity index (χ0v) is 9.41. The molecule has 1 atom stereocenters. The summed E-state index contributed by atoms with van der Waals surface area (Å²) in [6, 6.07) is -0.247. The van der Waals surface area contributed by atoms with Crippen molar-refractivity contribution in [1.29, 1.82) is 0 Å². The second-order valence-electron chi connectivity index (χ2n) is 3.36. The number of nitrogens with two attached hydrogens (primary N) is 1. The van der Waals surface area contributed by atoms with Crippen LogP contribution in [-0.2, 0) is 14.3 Å². The van der Waals surface area contributed by atoms with Crippen LogP contribution < -0.4 is 11.1 Å². The molecule has 1 unspecified atom stereocenters. The van der Waals surface area contributed by atoms with Gasteiger partial charge in [0.1, 0.15) is 6.04 Å². The quantitative estimate of drug-likeness (QED) is 0.448. The number of esters is 1. The van der Waals surface area contributed by atoms with Crippen molar-refractivity contribution in [1.82, 2.24) is 5.32 Å². The highest BCUT2D eigenvalue weighted by atomic mass is 16.5. The summed E-state index contributed by atoms with van der Waals surface area (Å²) in [4.78, 5) is 21.6. The Balaban J connectivity index is 3.55. The van der Waals surface area contributed by atoms with Gasteiger partial charge in [0, 0.05) is 6.42 Å². The molecular weight excluding hydrogens is 196 g/mol. The van der Waals surface area contributed by atoms with Crippen molar-refractivity contribution >= 4 is 11.9 Å².